The summed E-state index contributed by atoms with van der Waals surface area (Å²) in [6.45, 7) is 13.7. The fraction of sp³-hybridized carbons (Fsp3) is 1.00. The van der Waals surface area contributed by atoms with Crippen LogP contribution in [0.3, 0.4) is 0 Å². The number of hydrogen-bond donors (Lipinski definition) is 2. The third-order valence-electron chi connectivity index (χ3n) is 10.5. The van der Waals surface area contributed by atoms with Gasteiger partial charge in [0.25, 0.3) is 0 Å². The van der Waals surface area contributed by atoms with Gasteiger partial charge >= 0.3 is 0 Å². The molecule has 4 fully saturated rings. The summed E-state index contributed by atoms with van der Waals surface area (Å²) in [5.41, 5.74) is -0.0285. The van der Waals surface area contributed by atoms with Crippen molar-refractivity contribution in [1.29, 1.82) is 0 Å². The van der Waals surface area contributed by atoms with E-state index in [4.69, 9.17) is 0 Å². The lowest BCUT2D eigenvalue weighted by Crippen LogP contribution is -2.55. The molecule has 0 aliphatic heterocycles. The Morgan fingerprint density at radius 2 is 1.57 bits per heavy atom. The van der Waals surface area contributed by atoms with Crippen LogP contribution in [0.25, 0.3) is 0 Å². The molecule has 4 aliphatic rings. The van der Waals surface area contributed by atoms with Crippen molar-refractivity contribution in [2.45, 2.75) is 117 Å². The van der Waals surface area contributed by atoms with Crippen molar-refractivity contribution in [3.05, 3.63) is 0 Å². The number of aliphatic hydroxyl groups is 2. The largest absolute Gasteiger partial charge is 0.390 e. The maximum absolute atomic E-state index is 10.7. The lowest BCUT2D eigenvalue weighted by molar-refractivity contribution is -0.148. The van der Waals surface area contributed by atoms with Crippen LogP contribution in [0.4, 0.5) is 0 Å². The van der Waals surface area contributed by atoms with E-state index in [1.807, 2.05) is 13.8 Å². The van der Waals surface area contributed by atoms with Crippen molar-refractivity contribution in [2.24, 2.45) is 46.3 Å². The molecule has 4 rings (SSSR count). The molecule has 9 atom stereocenters. The van der Waals surface area contributed by atoms with Crippen molar-refractivity contribution < 1.29 is 10.2 Å². The molecule has 2 nitrogen and oxygen atoms in total. The third-order valence-corrected chi connectivity index (χ3v) is 10.5. The van der Waals surface area contributed by atoms with E-state index in [2.05, 4.69) is 27.7 Å². The Labute approximate surface area is 173 Å². The molecular formula is C26H46O2. The molecule has 0 bridgehead atoms. The predicted molar refractivity (Wildman–Crippen MR) is 116 cm³/mol. The van der Waals surface area contributed by atoms with Crippen LogP contribution in [0.15, 0.2) is 0 Å². The number of rotatable bonds is 3. The van der Waals surface area contributed by atoms with E-state index in [0.717, 1.165) is 48.9 Å². The molecule has 2 N–H and O–H groups in total. The Bertz CT molecular complexity index is 590. The second-order valence-corrected chi connectivity index (χ2v) is 13.1. The van der Waals surface area contributed by atoms with Crippen LogP contribution in [0.5, 0.6) is 0 Å². The van der Waals surface area contributed by atoms with Gasteiger partial charge in [0.1, 0.15) is 0 Å². The van der Waals surface area contributed by atoms with Crippen molar-refractivity contribution in [1.82, 2.24) is 0 Å². The molecule has 3 unspecified atom stereocenters. The second kappa shape index (κ2) is 6.71. The molecule has 0 saturated heterocycles. The van der Waals surface area contributed by atoms with Gasteiger partial charge < -0.3 is 10.2 Å². The first-order chi connectivity index (χ1) is 12.9. The third kappa shape index (κ3) is 3.39. The molecule has 0 aromatic heterocycles. The van der Waals surface area contributed by atoms with Crippen LogP contribution in [0.1, 0.15) is 106 Å². The van der Waals surface area contributed by atoms with Gasteiger partial charge in [0.05, 0.1) is 11.2 Å². The molecule has 0 radical (unpaired) electrons. The van der Waals surface area contributed by atoms with Gasteiger partial charge in [0, 0.05) is 0 Å². The van der Waals surface area contributed by atoms with Crippen LogP contribution < -0.4 is 0 Å². The second-order valence-electron chi connectivity index (χ2n) is 13.1. The molecule has 2 heteroatoms. The Kier molecular flexibility index (Phi) is 5.07. The molecular weight excluding hydrogens is 344 g/mol. The van der Waals surface area contributed by atoms with Crippen LogP contribution in [0.2, 0.25) is 0 Å². The fourth-order valence-electron chi connectivity index (χ4n) is 9.34. The van der Waals surface area contributed by atoms with Gasteiger partial charge in [-0.1, -0.05) is 20.8 Å². The first-order valence-corrected chi connectivity index (χ1v) is 12.3. The Morgan fingerprint density at radius 1 is 0.893 bits per heavy atom. The van der Waals surface area contributed by atoms with Crippen molar-refractivity contribution in [2.75, 3.05) is 0 Å². The zero-order chi connectivity index (χ0) is 20.5. The molecule has 162 valence electrons. The molecule has 28 heavy (non-hydrogen) atoms. The Balaban J connectivity index is 1.54. The van der Waals surface area contributed by atoms with Gasteiger partial charge in [0.15, 0.2) is 0 Å². The van der Waals surface area contributed by atoms with Crippen molar-refractivity contribution in [3.63, 3.8) is 0 Å². The van der Waals surface area contributed by atoms with Crippen LogP contribution in [-0.2, 0) is 0 Å². The SMILES string of the molecule is C[C@H](CC(C)(C)O)[C@H]1CCC2C3CC[C@H]4C[C@@](C)(O)CC[C@]4(C)C3CC[C@@]21C. The monoisotopic (exact) mass is 390 g/mol. The Morgan fingerprint density at radius 3 is 2.25 bits per heavy atom. The number of hydrogen-bond acceptors (Lipinski definition) is 2. The normalized spacial score (nSPS) is 52.5. The molecule has 0 spiro atoms. The van der Waals surface area contributed by atoms with E-state index in [1.54, 1.807) is 0 Å². The molecule has 0 amide bonds. The summed E-state index contributed by atoms with van der Waals surface area (Å²) in [6, 6.07) is 0. The highest BCUT2D eigenvalue weighted by molar-refractivity contribution is 5.10. The van der Waals surface area contributed by atoms with Crippen LogP contribution >= 0.6 is 0 Å². The van der Waals surface area contributed by atoms with Gasteiger partial charge in [-0.15, -0.1) is 0 Å². The number of fused-ring (bicyclic) bond motifs is 5. The molecule has 4 aliphatic carbocycles. The Hall–Kier alpha value is -0.0800. The van der Waals surface area contributed by atoms with Gasteiger partial charge in [-0.3, -0.25) is 0 Å². The predicted octanol–water partition coefficient (Wildman–Crippen LogP) is 6.19. The van der Waals surface area contributed by atoms with E-state index in [0.29, 0.717) is 16.7 Å². The smallest absolute Gasteiger partial charge is 0.0622 e. The zero-order valence-corrected chi connectivity index (χ0v) is 19.4. The zero-order valence-electron chi connectivity index (χ0n) is 19.4. The van der Waals surface area contributed by atoms with Crippen LogP contribution in [0, 0.1) is 46.3 Å². The molecule has 0 aromatic rings. The first kappa shape index (κ1) is 21.2. The standard InChI is InChI=1S/C26H46O2/c1-17(15-23(2,3)27)20-9-10-21-19-8-7-18-16-24(4,28)13-14-25(18,5)22(19)11-12-26(20,21)6/h17-22,27-28H,7-16H2,1-6H3/t17-,18+,19?,20-,21?,22?,24+,25+,26-/m1/s1. The average molecular weight is 391 g/mol. The highest BCUT2D eigenvalue weighted by atomic mass is 16.3. The highest BCUT2D eigenvalue weighted by Gasteiger charge is 2.61. The van der Waals surface area contributed by atoms with E-state index in [-0.39, 0.29) is 0 Å². The summed E-state index contributed by atoms with van der Waals surface area (Å²) in [4.78, 5) is 0. The van der Waals surface area contributed by atoms with Gasteiger partial charge in [-0.25, -0.2) is 0 Å². The van der Waals surface area contributed by atoms with Gasteiger partial charge in [-0.05, 0) is 131 Å². The van der Waals surface area contributed by atoms with Gasteiger partial charge in [-0.2, -0.15) is 0 Å². The fourth-order valence-corrected chi connectivity index (χ4v) is 9.34. The summed E-state index contributed by atoms with van der Waals surface area (Å²) in [5.74, 6) is 4.80. The minimum absolute atomic E-state index is 0.425. The summed E-state index contributed by atoms with van der Waals surface area (Å²) in [6.07, 6.45) is 12.5. The molecule has 0 heterocycles. The summed E-state index contributed by atoms with van der Waals surface area (Å²) in [5, 5.41) is 21.1. The lowest BCUT2D eigenvalue weighted by atomic mass is 9.43. The first-order valence-electron chi connectivity index (χ1n) is 12.3. The van der Waals surface area contributed by atoms with Gasteiger partial charge in [0.2, 0.25) is 0 Å². The minimum Gasteiger partial charge on any atom is -0.390 e. The van der Waals surface area contributed by atoms with E-state index < -0.39 is 11.2 Å². The van der Waals surface area contributed by atoms with E-state index >= 15 is 0 Å². The highest BCUT2D eigenvalue weighted by Crippen LogP contribution is 2.68. The topological polar surface area (TPSA) is 40.5 Å². The van der Waals surface area contributed by atoms with Crippen molar-refractivity contribution >= 4 is 0 Å². The molecule has 0 aromatic carbocycles. The van der Waals surface area contributed by atoms with Crippen molar-refractivity contribution in [3.8, 4) is 0 Å². The molecule has 4 saturated carbocycles. The summed E-state index contributed by atoms with van der Waals surface area (Å²) in [7, 11) is 0. The van der Waals surface area contributed by atoms with E-state index in [9.17, 15) is 10.2 Å². The van der Waals surface area contributed by atoms with Crippen LogP contribution in [-0.4, -0.2) is 21.4 Å². The maximum Gasteiger partial charge on any atom is 0.0622 e. The summed E-state index contributed by atoms with van der Waals surface area (Å²) < 4.78 is 0. The average Bonchev–Trinajstić information content (AvgIpc) is 2.91. The maximum atomic E-state index is 10.7. The quantitative estimate of drug-likeness (QED) is 0.603. The summed E-state index contributed by atoms with van der Waals surface area (Å²) >= 11 is 0. The van der Waals surface area contributed by atoms with E-state index in [1.165, 1.54) is 44.9 Å². The minimum atomic E-state index is -0.546. The lowest BCUT2D eigenvalue weighted by Gasteiger charge is -2.62.